The van der Waals surface area contributed by atoms with Crippen molar-refractivity contribution in [1.82, 2.24) is 14.7 Å². The second-order valence-corrected chi connectivity index (χ2v) is 6.65. The Hall–Kier alpha value is -0.280. The number of nitrogens with zero attached hydrogens (tertiary/aromatic N) is 3. The van der Waals surface area contributed by atoms with E-state index in [2.05, 4.69) is 28.5 Å². The molecule has 0 aliphatic heterocycles. The van der Waals surface area contributed by atoms with Crippen molar-refractivity contribution in [2.24, 2.45) is 28.9 Å². The van der Waals surface area contributed by atoms with Crippen LogP contribution in [0, 0.1) is 5.92 Å². The monoisotopic (exact) mass is 345 g/mol. The van der Waals surface area contributed by atoms with Crippen LogP contribution < -0.4 is 22.9 Å². The predicted octanol–water partition coefficient (Wildman–Crippen LogP) is -1.23. The molecule has 0 aromatic rings. The number of rotatable bonds is 17. The van der Waals surface area contributed by atoms with E-state index in [1.54, 1.807) is 0 Å². The van der Waals surface area contributed by atoms with Crippen LogP contribution in [-0.4, -0.2) is 99.8 Å². The van der Waals surface area contributed by atoms with Crippen molar-refractivity contribution < 1.29 is 0 Å². The molecule has 0 fully saturated rings. The first-order valence-electron chi connectivity index (χ1n) is 9.58. The van der Waals surface area contributed by atoms with Crippen molar-refractivity contribution in [3.63, 3.8) is 0 Å². The highest BCUT2D eigenvalue weighted by Crippen LogP contribution is 2.05. The Kier molecular flexibility index (Phi) is 16.0. The molecule has 0 spiro atoms. The van der Waals surface area contributed by atoms with Crippen molar-refractivity contribution >= 4 is 0 Å². The molecule has 0 aliphatic rings. The Bertz CT molecular complexity index is 233. The van der Waals surface area contributed by atoms with Crippen LogP contribution in [0.1, 0.15) is 20.3 Å². The van der Waals surface area contributed by atoms with Gasteiger partial charge < -0.3 is 27.8 Å². The molecule has 0 bridgehead atoms. The second-order valence-electron chi connectivity index (χ2n) is 6.65. The predicted molar refractivity (Wildman–Crippen MR) is 105 cm³/mol. The van der Waals surface area contributed by atoms with Crippen LogP contribution in [-0.2, 0) is 0 Å². The average molecular weight is 346 g/mol. The van der Waals surface area contributed by atoms with Crippen LogP contribution in [0.25, 0.3) is 0 Å². The van der Waals surface area contributed by atoms with Crippen LogP contribution in [0.4, 0.5) is 0 Å². The standard InChI is InChI=1S/C17H43N7/c1-3-17(2)16-24(14-12-22(8-4-18)9-5-19)15-13-23(10-6-20)11-7-21/h17H,3-16,18-21H2,1-2H3. The zero-order chi connectivity index (χ0) is 18.2. The van der Waals surface area contributed by atoms with Crippen LogP contribution >= 0.6 is 0 Å². The molecule has 1 atom stereocenters. The number of hydrogen-bond acceptors (Lipinski definition) is 7. The molecule has 8 N–H and O–H groups in total. The molecule has 0 saturated heterocycles. The normalized spacial score (nSPS) is 13.4. The van der Waals surface area contributed by atoms with Gasteiger partial charge >= 0.3 is 0 Å². The van der Waals surface area contributed by atoms with Crippen molar-refractivity contribution in [3.05, 3.63) is 0 Å². The molecule has 1 unspecified atom stereocenters. The molecule has 7 nitrogen and oxygen atoms in total. The number of nitrogens with two attached hydrogens (primary N) is 4. The number of hydrogen-bond donors (Lipinski definition) is 4. The molecule has 0 rings (SSSR count). The largest absolute Gasteiger partial charge is 0.329 e. The van der Waals surface area contributed by atoms with E-state index in [0.29, 0.717) is 32.1 Å². The fraction of sp³-hybridized carbons (Fsp3) is 1.00. The summed E-state index contributed by atoms with van der Waals surface area (Å²) < 4.78 is 0. The van der Waals surface area contributed by atoms with Crippen molar-refractivity contribution in [3.8, 4) is 0 Å². The first-order chi connectivity index (χ1) is 11.6. The van der Waals surface area contributed by atoms with E-state index in [1.165, 1.54) is 6.42 Å². The SMILES string of the molecule is CCC(C)CN(CCN(CCN)CCN)CCN(CCN)CCN. The van der Waals surface area contributed by atoms with E-state index < -0.39 is 0 Å². The third kappa shape index (κ3) is 12.1. The minimum atomic E-state index is 0.687. The Morgan fingerprint density at radius 3 is 1.21 bits per heavy atom. The molecule has 0 radical (unpaired) electrons. The maximum Gasteiger partial charge on any atom is 0.0110 e. The Labute approximate surface area is 149 Å². The fourth-order valence-electron chi connectivity index (χ4n) is 2.83. The van der Waals surface area contributed by atoms with E-state index in [-0.39, 0.29) is 0 Å². The molecule has 146 valence electrons. The molecule has 0 heterocycles. The molecular formula is C17H43N7. The highest BCUT2D eigenvalue weighted by Gasteiger charge is 2.13. The molecule has 7 heteroatoms. The van der Waals surface area contributed by atoms with E-state index in [4.69, 9.17) is 22.9 Å². The van der Waals surface area contributed by atoms with Gasteiger partial charge in [0.25, 0.3) is 0 Å². The third-order valence-corrected chi connectivity index (χ3v) is 4.51. The summed E-state index contributed by atoms with van der Waals surface area (Å²) in [4.78, 5) is 7.29. The lowest BCUT2D eigenvalue weighted by molar-refractivity contribution is 0.165. The third-order valence-electron chi connectivity index (χ3n) is 4.51. The van der Waals surface area contributed by atoms with Crippen LogP contribution in [0.15, 0.2) is 0 Å². The van der Waals surface area contributed by atoms with Gasteiger partial charge in [0.1, 0.15) is 0 Å². The van der Waals surface area contributed by atoms with Gasteiger partial charge in [0.2, 0.25) is 0 Å². The van der Waals surface area contributed by atoms with E-state index in [1.807, 2.05) is 0 Å². The van der Waals surface area contributed by atoms with E-state index in [0.717, 1.165) is 58.9 Å². The summed E-state index contributed by atoms with van der Waals surface area (Å²) in [5.74, 6) is 0.708. The maximum absolute atomic E-state index is 5.71. The van der Waals surface area contributed by atoms with Crippen LogP contribution in [0.3, 0.4) is 0 Å². The van der Waals surface area contributed by atoms with Gasteiger partial charge in [-0.15, -0.1) is 0 Å². The van der Waals surface area contributed by atoms with Gasteiger partial charge in [-0.05, 0) is 5.92 Å². The maximum atomic E-state index is 5.71. The smallest absolute Gasteiger partial charge is 0.0110 e. The van der Waals surface area contributed by atoms with Gasteiger partial charge in [-0.25, -0.2) is 0 Å². The minimum absolute atomic E-state index is 0.687. The van der Waals surface area contributed by atoms with Crippen LogP contribution in [0.5, 0.6) is 0 Å². The second kappa shape index (κ2) is 16.2. The topological polar surface area (TPSA) is 114 Å². The van der Waals surface area contributed by atoms with Crippen molar-refractivity contribution in [2.75, 3.05) is 85.1 Å². The van der Waals surface area contributed by atoms with Gasteiger partial charge in [-0.2, -0.15) is 0 Å². The first-order valence-corrected chi connectivity index (χ1v) is 9.58. The molecule has 0 aromatic carbocycles. The molecule has 0 aromatic heterocycles. The summed E-state index contributed by atoms with van der Waals surface area (Å²) >= 11 is 0. The highest BCUT2D eigenvalue weighted by atomic mass is 15.2. The van der Waals surface area contributed by atoms with Gasteiger partial charge in [0, 0.05) is 85.1 Å². The lowest BCUT2D eigenvalue weighted by atomic mass is 10.1. The molecule has 0 saturated carbocycles. The average Bonchev–Trinajstić information content (AvgIpc) is 2.57. The Morgan fingerprint density at radius 1 is 0.583 bits per heavy atom. The molecule has 0 aliphatic carbocycles. The Morgan fingerprint density at radius 2 is 0.917 bits per heavy atom. The molecule has 0 amide bonds. The highest BCUT2D eigenvalue weighted by molar-refractivity contribution is 4.69. The van der Waals surface area contributed by atoms with E-state index >= 15 is 0 Å². The quantitative estimate of drug-likeness (QED) is 0.261. The summed E-state index contributed by atoms with van der Waals surface area (Å²) in [6.07, 6.45) is 1.21. The lowest BCUT2D eigenvalue weighted by Crippen LogP contribution is -2.44. The summed E-state index contributed by atoms with van der Waals surface area (Å²) in [6.45, 7) is 16.3. The summed E-state index contributed by atoms with van der Waals surface area (Å²) in [6, 6.07) is 0. The summed E-state index contributed by atoms with van der Waals surface area (Å²) in [5.41, 5.74) is 22.8. The first kappa shape index (κ1) is 23.7. The van der Waals surface area contributed by atoms with E-state index in [9.17, 15) is 0 Å². The van der Waals surface area contributed by atoms with Crippen molar-refractivity contribution in [1.29, 1.82) is 0 Å². The summed E-state index contributed by atoms with van der Waals surface area (Å²) in [7, 11) is 0. The van der Waals surface area contributed by atoms with Gasteiger partial charge in [-0.1, -0.05) is 20.3 Å². The van der Waals surface area contributed by atoms with Crippen molar-refractivity contribution in [2.45, 2.75) is 20.3 Å². The summed E-state index contributed by atoms with van der Waals surface area (Å²) in [5, 5.41) is 0. The van der Waals surface area contributed by atoms with Gasteiger partial charge in [0.15, 0.2) is 0 Å². The zero-order valence-electron chi connectivity index (χ0n) is 16.1. The lowest BCUT2D eigenvalue weighted by Gasteiger charge is -2.31. The minimum Gasteiger partial charge on any atom is -0.329 e. The molecule has 24 heavy (non-hydrogen) atoms. The fourth-order valence-corrected chi connectivity index (χ4v) is 2.83. The van der Waals surface area contributed by atoms with Crippen LogP contribution in [0.2, 0.25) is 0 Å². The van der Waals surface area contributed by atoms with Gasteiger partial charge in [0.05, 0.1) is 0 Å². The zero-order valence-corrected chi connectivity index (χ0v) is 16.1. The molecular weight excluding hydrogens is 302 g/mol. The van der Waals surface area contributed by atoms with Gasteiger partial charge in [-0.3, -0.25) is 9.80 Å². The Balaban J connectivity index is 4.48.